The van der Waals surface area contributed by atoms with Crippen LogP contribution in [-0.4, -0.2) is 38.9 Å². The van der Waals surface area contributed by atoms with Crippen molar-refractivity contribution >= 4 is 11.6 Å². The molecule has 1 aliphatic heterocycles. The molecule has 1 aliphatic rings. The minimum absolute atomic E-state index is 0.347. The monoisotopic (exact) mass is 293 g/mol. The molecule has 0 saturated carbocycles. The molecule has 5 nitrogen and oxygen atoms in total. The molecule has 1 fully saturated rings. The van der Waals surface area contributed by atoms with Gasteiger partial charge in [0.1, 0.15) is 11.3 Å². The smallest absolute Gasteiger partial charge is 0.113 e. The fraction of sp³-hybridized carbons (Fsp3) is 0.429. The van der Waals surface area contributed by atoms with Crippen LogP contribution < -0.4 is 0 Å². The van der Waals surface area contributed by atoms with E-state index in [1.165, 1.54) is 0 Å². The molecule has 1 unspecified atom stereocenters. The van der Waals surface area contributed by atoms with Crippen LogP contribution in [0.4, 0.5) is 0 Å². The highest BCUT2D eigenvalue weighted by molar-refractivity contribution is 6.30. The van der Waals surface area contributed by atoms with Crippen molar-refractivity contribution in [3.8, 4) is 11.3 Å². The minimum Gasteiger partial charge on any atom is -0.386 e. The number of aliphatic hydroxyl groups is 1. The van der Waals surface area contributed by atoms with E-state index in [2.05, 4.69) is 10.3 Å². The molecule has 1 N–H and O–H groups in total. The van der Waals surface area contributed by atoms with E-state index in [-0.39, 0.29) is 0 Å². The molecular weight excluding hydrogens is 278 g/mol. The van der Waals surface area contributed by atoms with Gasteiger partial charge in [0.05, 0.1) is 19.3 Å². The van der Waals surface area contributed by atoms with Crippen LogP contribution in [0.3, 0.4) is 0 Å². The standard InChI is InChI=1S/C14H16ClN3O2/c15-12-4-1-3-11(7-12)13-8-18(17-16-13)9-14(19)5-2-6-20-10-14/h1,3-4,7-8,19H,2,5-6,9-10H2. The van der Waals surface area contributed by atoms with E-state index in [0.717, 1.165) is 24.1 Å². The van der Waals surface area contributed by atoms with Crippen molar-refractivity contribution < 1.29 is 9.84 Å². The summed E-state index contributed by atoms with van der Waals surface area (Å²) < 4.78 is 6.99. The van der Waals surface area contributed by atoms with Crippen LogP contribution in [0.25, 0.3) is 11.3 Å². The van der Waals surface area contributed by atoms with Gasteiger partial charge in [-0.3, -0.25) is 0 Å². The van der Waals surface area contributed by atoms with Gasteiger partial charge in [0.2, 0.25) is 0 Å². The molecule has 2 aromatic rings. The average Bonchev–Trinajstić information content (AvgIpc) is 2.87. The van der Waals surface area contributed by atoms with Crippen molar-refractivity contribution in [3.63, 3.8) is 0 Å². The molecular formula is C14H16ClN3O2. The summed E-state index contributed by atoms with van der Waals surface area (Å²) in [6.45, 7) is 1.45. The topological polar surface area (TPSA) is 60.2 Å². The third kappa shape index (κ3) is 3.00. The van der Waals surface area contributed by atoms with Gasteiger partial charge in [-0.1, -0.05) is 28.9 Å². The summed E-state index contributed by atoms with van der Waals surface area (Å²) in [7, 11) is 0. The zero-order chi connectivity index (χ0) is 14.0. The first-order chi connectivity index (χ1) is 9.65. The van der Waals surface area contributed by atoms with Crippen LogP contribution in [0.15, 0.2) is 30.5 Å². The lowest BCUT2D eigenvalue weighted by Crippen LogP contribution is -2.42. The van der Waals surface area contributed by atoms with Crippen LogP contribution in [0.2, 0.25) is 5.02 Å². The second-order valence-electron chi connectivity index (χ2n) is 5.19. The van der Waals surface area contributed by atoms with E-state index >= 15 is 0 Å². The molecule has 0 aliphatic carbocycles. The fourth-order valence-electron chi connectivity index (χ4n) is 2.42. The molecule has 1 atom stereocenters. The summed E-state index contributed by atoms with van der Waals surface area (Å²) in [5.74, 6) is 0. The van der Waals surface area contributed by atoms with Gasteiger partial charge in [0.25, 0.3) is 0 Å². The molecule has 0 radical (unpaired) electrons. The van der Waals surface area contributed by atoms with Crippen molar-refractivity contribution in [1.29, 1.82) is 0 Å². The van der Waals surface area contributed by atoms with Crippen molar-refractivity contribution in [3.05, 3.63) is 35.5 Å². The van der Waals surface area contributed by atoms with E-state index < -0.39 is 5.60 Å². The number of halogens is 1. The van der Waals surface area contributed by atoms with Crippen LogP contribution >= 0.6 is 11.6 Å². The maximum atomic E-state index is 10.4. The molecule has 106 valence electrons. The Balaban J connectivity index is 1.77. The number of aromatic nitrogens is 3. The van der Waals surface area contributed by atoms with E-state index in [4.69, 9.17) is 16.3 Å². The number of benzene rings is 1. The van der Waals surface area contributed by atoms with Crippen LogP contribution in [0.1, 0.15) is 12.8 Å². The Morgan fingerprint density at radius 1 is 1.45 bits per heavy atom. The Morgan fingerprint density at radius 3 is 3.10 bits per heavy atom. The van der Waals surface area contributed by atoms with Crippen LogP contribution in [-0.2, 0) is 11.3 Å². The normalized spacial score (nSPS) is 22.9. The van der Waals surface area contributed by atoms with Crippen LogP contribution in [0.5, 0.6) is 0 Å². The highest BCUT2D eigenvalue weighted by Gasteiger charge is 2.31. The molecule has 0 spiro atoms. The molecule has 0 amide bonds. The van der Waals surface area contributed by atoms with Crippen molar-refractivity contribution in [1.82, 2.24) is 15.0 Å². The van der Waals surface area contributed by atoms with Gasteiger partial charge in [-0.15, -0.1) is 5.10 Å². The Labute approximate surface area is 122 Å². The van der Waals surface area contributed by atoms with Crippen molar-refractivity contribution in [2.24, 2.45) is 0 Å². The van der Waals surface area contributed by atoms with E-state index in [9.17, 15) is 5.11 Å². The second kappa shape index (κ2) is 5.52. The molecule has 3 rings (SSSR count). The largest absolute Gasteiger partial charge is 0.386 e. The Bertz CT molecular complexity index is 594. The molecule has 0 bridgehead atoms. The highest BCUT2D eigenvalue weighted by atomic mass is 35.5. The quantitative estimate of drug-likeness (QED) is 0.942. The summed E-state index contributed by atoms with van der Waals surface area (Å²) in [5.41, 5.74) is 0.806. The number of ether oxygens (including phenoxy) is 1. The van der Waals surface area contributed by atoms with Gasteiger partial charge < -0.3 is 9.84 Å². The predicted octanol–water partition coefficient (Wildman–Crippen LogP) is 2.14. The lowest BCUT2D eigenvalue weighted by molar-refractivity contribution is -0.0960. The zero-order valence-electron chi connectivity index (χ0n) is 11.0. The minimum atomic E-state index is -0.850. The number of hydrogen-bond acceptors (Lipinski definition) is 4. The first-order valence-electron chi connectivity index (χ1n) is 6.61. The SMILES string of the molecule is OC1(Cn2cc(-c3cccc(Cl)c3)nn2)CCCOC1. The van der Waals surface area contributed by atoms with Gasteiger partial charge in [-0.2, -0.15) is 0 Å². The number of nitrogens with zero attached hydrogens (tertiary/aromatic N) is 3. The first kappa shape index (κ1) is 13.5. The summed E-state index contributed by atoms with van der Waals surface area (Å²) in [6.07, 6.45) is 3.41. The van der Waals surface area contributed by atoms with Gasteiger partial charge >= 0.3 is 0 Å². The third-order valence-electron chi connectivity index (χ3n) is 3.42. The molecule has 2 heterocycles. The molecule has 1 aromatic carbocycles. The van der Waals surface area contributed by atoms with Gasteiger partial charge in [-0.25, -0.2) is 4.68 Å². The predicted molar refractivity (Wildman–Crippen MR) is 75.5 cm³/mol. The first-order valence-corrected chi connectivity index (χ1v) is 6.99. The third-order valence-corrected chi connectivity index (χ3v) is 3.65. The summed E-state index contributed by atoms with van der Waals surface area (Å²) in [5, 5.41) is 19.3. The highest BCUT2D eigenvalue weighted by Crippen LogP contribution is 2.23. The van der Waals surface area contributed by atoms with Gasteiger partial charge in [0, 0.05) is 17.2 Å². The Hall–Kier alpha value is -1.43. The van der Waals surface area contributed by atoms with E-state index in [0.29, 0.717) is 24.8 Å². The zero-order valence-corrected chi connectivity index (χ0v) is 11.8. The molecule has 1 saturated heterocycles. The maximum absolute atomic E-state index is 10.4. The summed E-state index contributed by atoms with van der Waals surface area (Å²) in [6, 6.07) is 7.46. The van der Waals surface area contributed by atoms with Crippen LogP contribution in [0, 0.1) is 0 Å². The second-order valence-corrected chi connectivity index (χ2v) is 5.63. The Morgan fingerprint density at radius 2 is 2.35 bits per heavy atom. The molecule has 1 aromatic heterocycles. The maximum Gasteiger partial charge on any atom is 0.113 e. The summed E-state index contributed by atoms with van der Waals surface area (Å²) in [4.78, 5) is 0. The summed E-state index contributed by atoms with van der Waals surface area (Å²) >= 11 is 5.97. The average molecular weight is 294 g/mol. The van der Waals surface area contributed by atoms with E-state index in [1.54, 1.807) is 4.68 Å². The van der Waals surface area contributed by atoms with Crippen molar-refractivity contribution in [2.75, 3.05) is 13.2 Å². The Kier molecular flexibility index (Phi) is 3.74. The van der Waals surface area contributed by atoms with Gasteiger partial charge in [-0.05, 0) is 25.0 Å². The lowest BCUT2D eigenvalue weighted by Gasteiger charge is -2.31. The van der Waals surface area contributed by atoms with Gasteiger partial charge in [0.15, 0.2) is 0 Å². The molecule has 20 heavy (non-hydrogen) atoms. The lowest BCUT2D eigenvalue weighted by atomic mass is 9.97. The number of hydrogen-bond donors (Lipinski definition) is 1. The number of rotatable bonds is 3. The van der Waals surface area contributed by atoms with E-state index in [1.807, 2.05) is 30.5 Å². The van der Waals surface area contributed by atoms with Crippen molar-refractivity contribution in [2.45, 2.75) is 25.0 Å². The fourth-order valence-corrected chi connectivity index (χ4v) is 2.61. The molecule has 6 heteroatoms.